The number of nitrogen functional groups attached to an aromatic ring is 1. The lowest BCUT2D eigenvalue weighted by Gasteiger charge is -2.11. The summed E-state index contributed by atoms with van der Waals surface area (Å²) in [6.45, 7) is 4.68. The summed E-state index contributed by atoms with van der Waals surface area (Å²) in [6, 6.07) is 9.63. The Morgan fingerprint density at radius 1 is 1.19 bits per heavy atom. The third kappa shape index (κ3) is 4.16. The molecule has 2 rings (SSSR count). The first-order valence-corrected chi connectivity index (χ1v) is 7.02. The Labute approximate surface area is 125 Å². The van der Waals surface area contributed by atoms with Gasteiger partial charge in [-0.1, -0.05) is 26.0 Å². The summed E-state index contributed by atoms with van der Waals surface area (Å²) in [5.41, 5.74) is 7.04. The van der Waals surface area contributed by atoms with Crippen molar-refractivity contribution in [3.8, 4) is 11.6 Å². The van der Waals surface area contributed by atoms with Gasteiger partial charge in [-0.05, 0) is 30.0 Å². The number of nitrogens with zero attached hydrogens (tertiary/aromatic N) is 2. The van der Waals surface area contributed by atoms with Crippen LogP contribution in [0.3, 0.4) is 0 Å². The number of nitrogens with two attached hydrogens (primary N) is 1. The SMILES string of the molecule is CCC(C)c1ccc(Oc2cc(N)nc(COC)n2)cc1. The van der Waals surface area contributed by atoms with E-state index in [-0.39, 0.29) is 0 Å². The number of methoxy groups -OCH3 is 1. The molecule has 2 aromatic rings. The van der Waals surface area contributed by atoms with Gasteiger partial charge in [0.15, 0.2) is 5.82 Å². The van der Waals surface area contributed by atoms with Gasteiger partial charge in [-0.15, -0.1) is 0 Å². The van der Waals surface area contributed by atoms with E-state index in [9.17, 15) is 0 Å². The van der Waals surface area contributed by atoms with Gasteiger partial charge in [0.05, 0.1) is 0 Å². The fourth-order valence-corrected chi connectivity index (χ4v) is 1.96. The number of aromatic nitrogens is 2. The average Bonchev–Trinajstić information content (AvgIpc) is 2.47. The second-order valence-corrected chi connectivity index (χ2v) is 4.96. The smallest absolute Gasteiger partial charge is 0.224 e. The summed E-state index contributed by atoms with van der Waals surface area (Å²) in [7, 11) is 1.58. The topological polar surface area (TPSA) is 70.3 Å². The van der Waals surface area contributed by atoms with Crippen LogP contribution in [-0.2, 0) is 11.3 Å². The second kappa shape index (κ2) is 7.04. The first-order valence-electron chi connectivity index (χ1n) is 7.02. The van der Waals surface area contributed by atoms with E-state index in [2.05, 4.69) is 35.9 Å². The molecule has 0 amide bonds. The standard InChI is InChI=1S/C16H21N3O2/c1-4-11(2)12-5-7-13(8-6-12)21-16-9-14(17)18-15(19-16)10-20-3/h5-9,11H,4,10H2,1-3H3,(H2,17,18,19). The molecule has 2 N–H and O–H groups in total. The zero-order valence-corrected chi connectivity index (χ0v) is 12.7. The fourth-order valence-electron chi connectivity index (χ4n) is 1.96. The minimum absolute atomic E-state index is 0.300. The number of rotatable bonds is 6. The number of hydrogen-bond donors (Lipinski definition) is 1. The third-order valence-corrected chi connectivity index (χ3v) is 3.33. The summed E-state index contributed by atoms with van der Waals surface area (Å²) in [4.78, 5) is 8.33. The molecule has 0 spiro atoms. The molecule has 0 saturated heterocycles. The summed E-state index contributed by atoms with van der Waals surface area (Å²) < 4.78 is 10.7. The lowest BCUT2D eigenvalue weighted by molar-refractivity contribution is 0.177. The number of anilines is 1. The molecule has 0 aliphatic heterocycles. The Balaban J connectivity index is 2.14. The molecule has 1 aromatic heterocycles. The molecule has 112 valence electrons. The molecular formula is C16H21N3O2. The molecule has 21 heavy (non-hydrogen) atoms. The van der Waals surface area contributed by atoms with Crippen LogP contribution in [0.15, 0.2) is 30.3 Å². The lowest BCUT2D eigenvalue weighted by Crippen LogP contribution is -2.02. The van der Waals surface area contributed by atoms with Crippen molar-refractivity contribution in [1.82, 2.24) is 9.97 Å². The first kappa shape index (κ1) is 15.3. The molecule has 0 aliphatic carbocycles. The van der Waals surface area contributed by atoms with Crippen LogP contribution in [0.4, 0.5) is 5.82 Å². The van der Waals surface area contributed by atoms with Crippen molar-refractivity contribution in [1.29, 1.82) is 0 Å². The van der Waals surface area contributed by atoms with E-state index in [1.807, 2.05) is 12.1 Å². The second-order valence-electron chi connectivity index (χ2n) is 4.96. The molecule has 1 unspecified atom stereocenters. The number of benzene rings is 1. The zero-order valence-electron chi connectivity index (χ0n) is 12.7. The van der Waals surface area contributed by atoms with Crippen molar-refractivity contribution < 1.29 is 9.47 Å². The Bertz CT molecular complexity index is 585. The van der Waals surface area contributed by atoms with E-state index in [4.69, 9.17) is 15.2 Å². The largest absolute Gasteiger partial charge is 0.439 e. The van der Waals surface area contributed by atoms with Crippen LogP contribution in [0, 0.1) is 0 Å². The maximum absolute atomic E-state index is 5.74. The zero-order chi connectivity index (χ0) is 15.2. The van der Waals surface area contributed by atoms with Gasteiger partial charge in [0.2, 0.25) is 5.88 Å². The predicted octanol–water partition coefficient (Wildman–Crippen LogP) is 3.51. The van der Waals surface area contributed by atoms with Gasteiger partial charge in [0, 0.05) is 13.2 Å². The molecule has 1 atom stereocenters. The van der Waals surface area contributed by atoms with Gasteiger partial charge in [-0.2, -0.15) is 4.98 Å². The van der Waals surface area contributed by atoms with Gasteiger partial charge < -0.3 is 15.2 Å². The van der Waals surface area contributed by atoms with Crippen LogP contribution >= 0.6 is 0 Å². The molecule has 0 bridgehead atoms. The van der Waals surface area contributed by atoms with Crippen LogP contribution in [-0.4, -0.2) is 17.1 Å². The van der Waals surface area contributed by atoms with Crippen molar-refractivity contribution in [3.63, 3.8) is 0 Å². The van der Waals surface area contributed by atoms with E-state index in [1.54, 1.807) is 13.2 Å². The van der Waals surface area contributed by atoms with Crippen LogP contribution in [0.1, 0.15) is 37.6 Å². The molecule has 5 nitrogen and oxygen atoms in total. The van der Waals surface area contributed by atoms with Crippen molar-refractivity contribution >= 4 is 5.82 Å². The lowest BCUT2D eigenvalue weighted by atomic mass is 9.99. The van der Waals surface area contributed by atoms with E-state index >= 15 is 0 Å². The molecule has 0 fully saturated rings. The minimum atomic E-state index is 0.300. The van der Waals surface area contributed by atoms with Crippen molar-refractivity contribution in [2.24, 2.45) is 0 Å². The summed E-state index contributed by atoms with van der Waals surface area (Å²) in [5, 5.41) is 0. The maximum atomic E-state index is 5.74. The normalized spacial score (nSPS) is 12.1. The average molecular weight is 287 g/mol. The van der Waals surface area contributed by atoms with Crippen molar-refractivity contribution in [2.45, 2.75) is 32.8 Å². The quantitative estimate of drug-likeness (QED) is 0.880. The number of hydrogen-bond acceptors (Lipinski definition) is 5. The Morgan fingerprint density at radius 3 is 2.52 bits per heavy atom. The van der Waals surface area contributed by atoms with E-state index in [0.717, 1.165) is 12.2 Å². The van der Waals surface area contributed by atoms with Gasteiger partial charge >= 0.3 is 0 Å². The molecule has 0 saturated carbocycles. The van der Waals surface area contributed by atoms with Crippen LogP contribution in [0.2, 0.25) is 0 Å². The Morgan fingerprint density at radius 2 is 1.90 bits per heavy atom. The molecule has 1 aromatic carbocycles. The van der Waals surface area contributed by atoms with Crippen molar-refractivity contribution in [2.75, 3.05) is 12.8 Å². The van der Waals surface area contributed by atoms with Gasteiger partial charge in [0.1, 0.15) is 18.2 Å². The third-order valence-electron chi connectivity index (χ3n) is 3.33. The first-order chi connectivity index (χ1) is 10.1. The van der Waals surface area contributed by atoms with Gasteiger partial charge in [0.25, 0.3) is 0 Å². The van der Waals surface area contributed by atoms with E-state index in [1.165, 1.54) is 5.56 Å². The van der Waals surface area contributed by atoms with Crippen LogP contribution in [0.5, 0.6) is 11.6 Å². The summed E-state index contributed by atoms with van der Waals surface area (Å²) in [5.74, 6) is 2.56. The minimum Gasteiger partial charge on any atom is -0.439 e. The highest BCUT2D eigenvalue weighted by Gasteiger charge is 2.06. The molecule has 0 radical (unpaired) electrons. The molecule has 0 aliphatic rings. The monoisotopic (exact) mass is 287 g/mol. The predicted molar refractivity (Wildman–Crippen MR) is 82.4 cm³/mol. The van der Waals surface area contributed by atoms with Crippen LogP contribution < -0.4 is 10.5 Å². The fraction of sp³-hybridized carbons (Fsp3) is 0.375. The van der Waals surface area contributed by atoms with E-state index < -0.39 is 0 Å². The Kier molecular flexibility index (Phi) is 5.11. The maximum Gasteiger partial charge on any atom is 0.224 e. The highest BCUT2D eigenvalue weighted by molar-refractivity contribution is 5.36. The van der Waals surface area contributed by atoms with Crippen molar-refractivity contribution in [3.05, 3.63) is 41.7 Å². The Hall–Kier alpha value is -2.14. The summed E-state index contributed by atoms with van der Waals surface area (Å²) in [6.07, 6.45) is 1.11. The highest BCUT2D eigenvalue weighted by Crippen LogP contribution is 2.25. The molecular weight excluding hydrogens is 266 g/mol. The molecule has 5 heteroatoms. The number of ether oxygens (including phenoxy) is 2. The molecule has 1 heterocycles. The van der Waals surface area contributed by atoms with Gasteiger partial charge in [-0.3, -0.25) is 0 Å². The summed E-state index contributed by atoms with van der Waals surface area (Å²) >= 11 is 0. The van der Waals surface area contributed by atoms with E-state index in [0.29, 0.717) is 30.0 Å². The van der Waals surface area contributed by atoms with Crippen LogP contribution in [0.25, 0.3) is 0 Å². The van der Waals surface area contributed by atoms with Gasteiger partial charge in [-0.25, -0.2) is 4.98 Å². The highest BCUT2D eigenvalue weighted by atomic mass is 16.5.